The first-order chi connectivity index (χ1) is 17.1. The van der Waals surface area contributed by atoms with Gasteiger partial charge in [-0.05, 0) is 36.5 Å². The minimum atomic E-state index is -3.85. The van der Waals surface area contributed by atoms with Crippen LogP contribution in [0.25, 0.3) is 0 Å². The number of amides is 2. The van der Waals surface area contributed by atoms with Gasteiger partial charge in [-0.15, -0.1) is 0 Å². The van der Waals surface area contributed by atoms with Crippen molar-refractivity contribution in [2.24, 2.45) is 11.8 Å². The van der Waals surface area contributed by atoms with Crippen LogP contribution in [0.15, 0.2) is 23.1 Å². The summed E-state index contributed by atoms with van der Waals surface area (Å²) in [6.07, 6.45) is 6.32. The minimum absolute atomic E-state index is 0.0181. The number of carbonyl (C=O) groups is 2. The highest BCUT2D eigenvalue weighted by Gasteiger charge is 2.33. The lowest BCUT2D eigenvalue weighted by molar-refractivity contribution is -0.131. The number of benzene rings is 1. The number of hydrogen-bond donors (Lipinski definition) is 2. The van der Waals surface area contributed by atoms with Crippen molar-refractivity contribution in [3.05, 3.63) is 28.2 Å². The number of hydrogen-bond acceptors (Lipinski definition) is 5. The molecule has 8 nitrogen and oxygen atoms in total. The molecular weight excluding hydrogens is 525 g/mol. The van der Waals surface area contributed by atoms with E-state index >= 15 is 0 Å². The van der Waals surface area contributed by atoms with E-state index in [1.165, 1.54) is 48.2 Å². The van der Waals surface area contributed by atoms with Gasteiger partial charge in [-0.1, -0.05) is 69.2 Å². The van der Waals surface area contributed by atoms with E-state index in [0.717, 1.165) is 12.8 Å². The van der Waals surface area contributed by atoms with Crippen molar-refractivity contribution < 1.29 is 22.7 Å². The average Bonchev–Trinajstić information content (AvgIpc) is 3.38. The van der Waals surface area contributed by atoms with Crippen molar-refractivity contribution in [3.8, 4) is 0 Å². The van der Waals surface area contributed by atoms with Crippen LogP contribution in [0, 0.1) is 11.8 Å². The number of morpholine rings is 1. The number of rotatable bonds is 11. The minimum Gasteiger partial charge on any atom is -0.374 e. The summed E-state index contributed by atoms with van der Waals surface area (Å²) >= 11 is 12.0. The lowest BCUT2D eigenvalue weighted by Gasteiger charge is -2.33. The smallest absolute Gasteiger partial charge is 0.244 e. The lowest BCUT2D eigenvalue weighted by Crippen LogP contribution is -2.54. The monoisotopic (exact) mass is 561 g/mol. The van der Waals surface area contributed by atoms with E-state index in [9.17, 15) is 18.0 Å². The Morgan fingerprint density at radius 1 is 1.22 bits per heavy atom. The molecule has 1 aliphatic heterocycles. The van der Waals surface area contributed by atoms with E-state index in [4.69, 9.17) is 27.9 Å². The zero-order valence-electron chi connectivity index (χ0n) is 21.0. The Labute approximate surface area is 224 Å². The summed E-state index contributed by atoms with van der Waals surface area (Å²) in [5, 5.41) is 6.18. The third-order valence-corrected chi connectivity index (χ3v) is 9.77. The van der Waals surface area contributed by atoms with Crippen LogP contribution < -0.4 is 10.6 Å². The number of sulfonamides is 1. The molecule has 0 aromatic heterocycles. The first kappa shape index (κ1) is 29.2. The Morgan fingerprint density at radius 3 is 2.61 bits per heavy atom. The Hall–Kier alpha value is -1.39. The van der Waals surface area contributed by atoms with Crippen LogP contribution in [-0.4, -0.2) is 62.9 Å². The molecule has 0 spiro atoms. The summed E-state index contributed by atoms with van der Waals surface area (Å²) in [5.74, 6) is 0.171. The number of nitrogens with one attached hydrogen (secondary N) is 2. The molecular formula is C25H37Cl2N3O5S. The predicted octanol–water partition coefficient (Wildman–Crippen LogP) is 4.00. The fourth-order valence-electron chi connectivity index (χ4n) is 4.76. The van der Waals surface area contributed by atoms with Crippen molar-refractivity contribution in [1.82, 2.24) is 14.9 Å². The van der Waals surface area contributed by atoms with Gasteiger partial charge >= 0.3 is 0 Å². The molecule has 1 aromatic carbocycles. The largest absolute Gasteiger partial charge is 0.374 e. The summed E-state index contributed by atoms with van der Waals surface area (Å²) in [6.45, 7) is 4.48. The Morgan fingerprint density at radius 2 is 1.94 bits per heavy atom. The highest BCUT2D eigenvalue weighted by atomic mass is 35.5. The van der Waals surface area contributed by atoms with Crippen LogP contribution in [0.4, 0.5) is 0 Å². The van der Waals surface area contributed by atoms with Gasteiger partial charge < -0.3 is 15.4 Å². The Bertz CT molecular complexity index is 1020. The van der Waals surface area contributed by atoms with Gasteiger partial charge in [0.15, 0.2) is 0 Å². The Kier molecular flexibility index (Phi) is 10.9. The van der Waals surface area contributed by atoms with Crippen LogP contribution in [0.1, 0.15) is 58.8 Å². The molecule has 1 saturated heterocycles. The summed E-state index contributed by atoms with van der Waals surface area (Å²) < 4.78 is 33.3. The van der Waals surface area contributed by atoms with E-state index in [1.807, 2.05) is 13.8 Å². The average molecular weight is 563 g/mol. The SMILES string of the molecule is CC[C@H](C)[C@H](NC(=O)CCC1CCCC1)C(=O)NCC1CN(S(=O)(=O)c2ccc(Cl)cc2Cl)CCO1. The van der Waals surface area contributed by atoms with Gasteiger partial charge in [0, 0.05) is 31.1 Å². The standard InChI is InChI=1S/C25H37Cl2N3O5S/c1-3-17(2)24(29-23(31)11-8-18-6-4-5-7-18)25(32)28-15-20-16-30(12-13-35-20)36(33,34)22-10-9-19(26)14-21(22)27/h9-10,14,17-18,20,24H,3-8,11-13,15-16H2,1-2H3,(H,28,32)(H,29,31)/t17-,20?,24-/m0/s1. The molecule has 2 N–H and O–H groups in total. The quantitative estimate of drug-likeness (QED) is 0.424. The molecule has 1 heterocycles. The lowest BCUT2D eigenvalue weighted by atomic mass is 9.97. The maximum absolute atomic E-state index is 13.1. The predicted molar refractivity (Wildman–Crippen MR) is 141 cm³/mol. The molecule has 0 radical (unpaired) electrons. The molecule has 2 fully saturated rings. The molecule has 1 unspecified atom stereocenters. The maximum Gasteiger partial charge on any atom is 0.244 e. The second kappa shape index (κ2) is 13.4. The third-order valence-electron chi connectivity index (χ3n) is 7.18. The van der Waals surface area contributed by atoms with Gasteiger partial charge in [-0.25, -0.2) is 8.42 Å². The van der Waals surface area contributed by atoms with E-state index in [-0.39, 0.29) is 53.9 Å². The number of nitrogens with zero attached hydrogens (tertiary/aromatic N) is 1. The normalized spacial score (nSPS) is 21.2. The van der Waals surface area contributed by atoms with Gasteiger partial charge in [0.05, 0.1) is 17.7 Å². The molecule has 36 heavy (non-hydrogen) atoms. The van der Waals surface area contributed by atoms with Gasteiger partial charge in [0.2, 0.25) is 21.8 Å². The van der Waals surface area contributed by atoms with Crippen molar-refractivity contribution in [3.63, 3.8) is 0 Å². The van der Waals surface area contributed by atoms with E-state index in [1.54, 1.807) is 0 Å². The number of halogens is 2. The molecule has 3 rings (SSSR count). The fraction of sp³-hybridized carbons (Fsp3) is 0.680. The van der Waals surface area contributed by atoms with Crippen molar-refractivity contribution in [1.29, 1.82) is 0 Å². The Balaban J connectivity index is 1.55. The summed E-state index contributed by atoms with van der Waals surface area (Å²) in [7, 11) is -3.85. The van der Waals surface area contributed by atoms with Crippen LogP contribution in [-0.2, 0) is 24.3 Å². The van der Waals surface area contributed by atoms with Gasteiger partial charge in [-0.2, -0.15) is 4.31 Å². The highest BCUT2D eigenvalue weighted by Crippen LogP contribution is 2.29. The first-order valence-corrected chi connectivity index (χ1v) is 14.9. The molecule has 0 bridgehead atoms. The van der Waals surface area contributed by atoms with Crippen LogP contribution in [0.3, 0.4) is 0 Å². The van der Waals surface area contributed by atoms with Gasteiger partial charge in [-0.3, -0.25) is 9.59 Å². The molecule has 202 valence electrons. The van der Waals surface area contributed by atoms with Gasteiger partial charge in [0.1, 0.15) is 10.9 Å². The van der Waals surface area contributed by atoms with Crippen molar-refractivity contribution in [2.75, 3.05) is 26.2 Å². The van der Waals surface area contributed by atoms with Crippen molar-refractivity contribution in [2.45, 2.75) is 75.8 Å². The number of ether oxygens (including phenoxy) is 1. The zero-order chi connectivity index (χ0) is 26.3. The first-order valence-electron chi connectivity index (χ1n) is 12.8. The highest BCUT2D eigenvalue weighted by molar-refractivity contribution is 7.89. The molecule has 1 aromatic rings. The second-order valence-corrected chi connectivity index (χ2v) is 12.5. The second-order valence-electron chi connectivity index (χ2n) is 9.80. The summed E-state index contributed by atoms with van der Waals surface area (Å²) in [6, 6.07) is 3.61. The maximum atomic E-state index is 13.1. The van der Waals surface area contributed by atoms with E-state index in [2.05, 4.69) is 10.6 Å². The summed E-state index contributed by atoms with van der Waals surface area (Å²) in [5.41, 5.74) is 0. The number of carbonyl (C=O) groups excluding carboxylic acids is 2. The molecule has 2 aliphatic rings. The molecule has 1 saturated carbocycles. The van der Waals surface area contributed by atoms with Crippen molar-refractivity contribution >= 4 is 45.0 Å². The topological polar surface area (TPSA) is 105 Å². The molecule has 11 heteroatoms. The molecule has 1 aliphatic carbocycles. The molecule has 2 amide bonds. The van der Waals surface area contributed by atoms with Crippen LogP contribution >= 0.6 is 23.2 Å². The fourth-order valence-corrected chi connectivity index (χ4v) is 6.97. The summed E-state index contributed by atoms with van der Waals surface area (Å²) in [4.78, 5) is 25.6. The third kappa shape index (κ3) is 7.81. The van der Waals surface area contributed by atoms with Crippen LogP contribution in [0.2, 0.25) is 10.0 Å². The van der Waals surface area contributed by atoms with E-state index in [0.29, 0.717) is 17.4 Å². The van der Waals surface area contributed by atoms with Crippen LogP contribution in [0.5, 0.6) is 0 Å². The molecule has 3 atom stereocenters. The van der Waals surface area contributed by atoms with Gasteiger partial charge in [0.25, 0.3) is 0 Å². The zero-order valence-corrected chi connectivity index (χ0v) is 23.3. The van der Waals surface area contributed by atoms with E-state index < -0.39 is 22.2 Å².